The third-order valence-corrected chi connectivity index (χ3v) is 4.48. The van der Waals surface area contributed by atoms with Crippen molar-refractivity contribution in [2.45, 2.75) is 25.4 Å². The Balaban J connectivity index is 1.64. The van der Waals surface area contributed by atoms with Crippen molar-refractivity contribution in [2.75, 3.05) is 0 Å². The highest BCUT2D eigenvalue weighted by atomic mass is 16.2. The summed E-state index contributed by atoms with van der Waals surface area (Å²) in [5, 5.41) is 5.98. The number of amides is 2. The van der Waals surface area contributed by atoms with Gasteiger partial charge in [0.2, 0.25) is 5.91 Å². The molecule has 0 radical (unpaired) electrons. The predicted octanol–water partition coefficient (Wildman–Crippen LogP) is 4.10. The van der Waals surface area contributed by atoms with Crippen LogP contribution in [0.4, 0.5) is 0 Å². The van der Waals surface area contributed by atoms with Gasteiger partial charge < -0.3 is 10.6 Å². The highest BCUT2D eigenvalue weighted by molar-refractivity contribution is 5.94. The zero-order valence-corrected chi connectivity index (χ0v) is 15.8. The summed E-state index contributed by atoms with van der Waals surface area (Å²) in [6, 6.07) is 28.2. The predicted molar refractivity (Wildman–Crippen MR) is 111 cm³/mol. The van der Waals surface area contributed by atoms with Crippen LogP contribution in [-0.4, -0.2) is 17.9 Å². The van der Waals surface area contributed by atoms with Crippen molar-refractivity contribution in [3.8, 4) is 0 Å². The molecule has 3 rings (SSSR count). The zero-order chi connectivity index (χ0) is 19.8. The van der Waals surface area contributed by atoms with Crippen LogP contribution in [0.25, 0.3) is 0 Å². The van der Waals surface area contributed by atoms with Crippen molar-refractivity contribution < 1.29 is 9.59 Å². The highest BCUT2D eigenvalue weighted by Gasteiger charge is 2.19. The molecule has 4 nitrogen and oxygen atoms in total. The molecule has 0 aliphatic rings. The molecule has 4 heteroatoms. The third-order valence-electron chi connectivity index (χ3n) is 4.48. The van der Waals surface area contributed by atoms with Gasteiger partial charge in [-0.25, -0.2) is 0 Å². The molecule has 0 saturated carbocycles. The summed E-state index contributed by atoms with van der Waals surface area (Å²) in [6.45, 7) is 1.83. The van der Waals surface area contributed by atoms with Crippen molar-refractivity contribution in [1.82, 2.24) is 10.6 Å². The van der Waals surface area contributed by atoms with E-state index in [4.69, 9.17) is 0 Å². The van der Waals surface area contributed by atoms with E-state index < -0.39 is 0 Å². The quantitative estimate of drug-likeness (QED) is 0.656. The molecule has 28 heavy (non-hydrogen) atoms. The SMILES string of the molecule is C[C@@H](CC(=O)NC(c1ccccc1)c1ccccc1)NC(=O)c1ccccc1. The van der Waals surface area contributed by atoms with Crippen LogP contribution >= 0.6 is 0 Å². The summed E-state index contributed by atoms with van der Waals surface area (Å²) < 4.78 is 0. The molecule has 0 spiro atoms. The molecule has 2 N–H and O–H groups in total. The molecule has 3 aromatic rings. The third kappa shape index (κ3) is 5.30. The first-order valence-electron chi connectivity index (χ1n) is 9.38. The van der Waals surface area contributed by atoms with Crippen molar-refractivity contribution >= 4 is 11.8 Å². The average Bonchev–Trinajstić information content (AvgIpc) is 2.74. The van der Waals surface area contributed by atoms with E-state index in [9.17, 15) is 9.59 Å². The van der Waals surface area contributed by atoms with E-state index in [-0.39, 0.29) is 30.3 Å². The fraction of sp³-hybridized carbons (Fsp3) is 0.167. The van der Waals surface area contributed by atoms with Crippen molar-refractivity contribution in [3.05, 3.63) is 108 Å². The maximum atomic E-state index is 12.7. The van der Waals surface area contributed by atoms with Gasteiger partial charge in [-0.1, -0.05) is 78.9 Å². The summed E-state index contributed by atoms with van der Waals surface area (Å²) >= 11 is 0. The van der Waals surface area contributed by atoms with Crippen molar-refractivity contribution in [2.24, 2.45) is 0 Å². The molecule has 2 amide bonds. The van der Waals surface area contributed by atoms with Gasteiger partial charge in [0.25, 0.3) is 5.91 Å². The summed E-state index contributed by atoms with van der Waals surface area (Å²) in [4.78, 5) is 24.9. The zero-order valence-electron chi connectivity index (χ0n) is 15.8. The van der Waals surface area contributed by atoms with Gasteiger partial charge in [0.05, 0.1) is 6.04 Å². The Morgan fingerprint density at radius 1 is 0.714 bits per heavy atom. The molecule has 0 aromatic heterocycles. The molecule has 0 bridgehead atoms. The number of carbonyl (C=O) groups excluding carboxylic acids is 2. The van der Waals surface area contributed by atoms with Crippen LogP contribution in [0.1, 0.15) is 40.9 Å². The molecule has 0 unspecified atom stereocenters. The molecule has 142 valence electrons. The molecular formula is C24H24N2O2. The molecule has 0 aliphatic carbocycles. The topological polar surface area (TPSA) is 58.2 Å². The number of rotatable bonds is 7. The highest BCUT2D eigenvalue weighted by Crippen LogP contribution is 2.21. The molecular weight excluding hydrogens is 348 g/mol. The second kappa shape index (κ2) is 9.51. The van der Waals surface area contributed by atoms with E-state index >= 15 is 0 Å². The molecule has 1 atom stereocenters. The maximum Gasteiger partial charge on any atom is 0.251 e. The van der Waals surface area contributed by atoms with E-state index in [1.807, 2.05) is 85.8 Å². The lowest BCUT2D eigenvalue weighted by Gasteiger charge is -2.21. The number of hydrogen-bond acceptors (Lipinski definition) is 2. The van der Waals surface area contributed by atoms with E-state index in [2.05, 4.69) is 10.6 Å². The lowest BCUT2D eigenvalue weighted by molar-refractivity contribution is -0.121. The minimum absolute atomic E-state index is 0.112. The van der Waals surface area contributed by atoms with Gasteiger partial charge in [-0.05, 0) is 30.2 Å². The Morgan fingerprint density at radius 2 is 1.18 bits per heavy atom. The molecule has 0 fully saturated rings. The van der Waals surface area contributed by atoms with Gasteiger partial charge in [-0.3, -0.25) is 9.59 Å². The Bertz CT molecular complexity index is 856. The normalized spacial score (nSPS) is 11.6. The van der Waals surface area contributed by atoms with E-state index in [1.54, 1.807) is 12.1 Å². The number of carbonyl (C=O) groups is 2. The lowest BCUT2D eigenvalue weighted by Crippen LogP contribution is -2.38. The second-order valence-corrected chi connectivity index (χ2v) is 6.77. The van der Waals surface area contributed by atoms with Gasteiger partial charge in [0, 0.05) is 18.0 Å². The van der Waals surface area contributed by atoms with Gasteiger partial charge >= 0.3 is 0 Å². The van der Waals surface area contributed by atoms with Gasteiger partial charge in [-0.2, -0.15) is 0 Å². The lowest BCUT2D eigenvalue weighted by atomic mass is 9.98. The minimum Gasteiger partial charge on any atom is -0.349 e. The molecule has 3 aromatic carbocycles. The Hall–Kier alpha value is -3.40. The van der Waals surface area contributed by atoms with Crippen molar-refractivity contribution in [3.63, 3.8) is 0 Å². The van der Waals surface area contributed by atoms with E-state index in [0.29, 0.717) is 5.56 Å². The first-order valence-corrected chi connectivity index (χ1v) is 9.38. The maximum absolute atomic E-state index is 12.7. The van der Waals surface area contributed by atoms with Crippen LogP contribution in [-0.2, 0) is 4.79 Å². The Morgan fingerprint density at radius 3 is 1.68 bits per heavy atom. The summed E-state index contributed by atoms with van der Waals surface area (Å²) in [5.41, 5.74) is 2.62. The molecule has 0 saturated heterocycles. The van der Waals surface area contributed by atoms with Gasteiger partial charge in [0.1, 0.15) is 0 Å². The number of nitrogens with one attached hydrogen (secondary N) is 2. The van der Waals surface area contributed by atoms with Crippen LogP contribution < -0.4 is 10.6 Å². The summed E-state index contributed by atoms with van der Waals surface area (Å²) in [7, 11) is 0. The van der Waals surface area contributed by atoms with Gasteiger partial charge in [0.15, 0.2) is 0 Å². The van der Waals surface area contributed by atoms with Crippen LogP contribution in [0.3, 0.4) is 0 Å². The van der Waals surface area contributed by atoms with Crippen LogP contribution in [0, 0.1) is 0 Å². The minimum atomic E-state index is -0.278. The van der Waals surface area contributed by atoms with E-state index in [1.165, 1.54) is 0 Å². The van der Waals surface area contributed by atoms with Gasteiger partial charge in [-0.15, -0.1) is 0 Å². The average molecular weight is 372 g/mol. The summed E-state index contributed by atoms with van der Waals surface area (Å²) in [6.07, 6.45) is 0.203. The van der Waals surface area contributed by atoms with Crippen LogP contribution in [0.15, 0.2) is 91.0 Å². The van der Waals surface area contributed by atoms with Crippen molar-refractivity contribution in [1.29, 1.82) is 0 Å². The standard InChI is InChI=1S/C24H24N2O2/c1-18(25-24(28)21-15-9-4-10-16-21)17-22(27)26-23(19-11-5-2-6-12-19)20-13-7-3-8-14-20/h2-16,18,23H,17H2,1H3,(H,25,28)(H,26,27)/t18-/m0/s1. The van der Waals surface area contributed by atoms with Crippen LogP contribution in [0.2, 0.25) is 0 Å². The second-order valence-electron chi connectivity index (χ2n) is 6.77. The summed E-state index contributed by atoms with van der Waals surface area (Å²) in [5.74, 6) is -0.290. The fourth-order valence-corrected chi connectivity index (χ4v) is 3.10. The largest absolute Gasteiger partial charge is 0.349 e. The Labute approximate surface area is 165 Å². The number of benzene rings is 3. The van der Waals surface area contributed by atoms with E-state index in [0.717, 1.165) is 11.1 Å². The Kier molecular flexibility index (Phi) is 6.58. The molecule has 0 aliphatic heterocycles. The fourth-order valence-electron chi connectivity index (χ4n) is 3.10. The van der Waals surface area contributed by atoms with Crippen LogP contribution in [0.5, 0.6) is 0 Å². The first kappa shape index (κ1) is 19.4. The molecule has 0 heterocycles. The first-order chi connectivity index (χ1) is 13.6. The smallest absolute Gasteiger partial charge is 0.251 e. The monoisotopic (exact) mass is 372 g/mol. The number of hydrogen-bond donors (Lipinski definition) is 2.